The number of nitrogens with zero attached hydrogens (tertiary/aromatic N) is 3. The molecule has 0 radical (unpaired) electrons. The van der Waals surface area contributed by atoms with Crippen LogP contribution in [0.15, 0.2) is 64.3 Å². The average molecular weight is 506 g/mol. The summed E-state index contributed by atoms with van der Waals surface area (Å²) in [6, 6.07) is 13.9. The Morgan fingerprint density at radius 1 is 1.23 bits per heavy atom. The molecule has 0 unspecified atom stereocenters. The maximum Gasteiger partial charge on any atom is 0.287 e. The minimum atomic E-state index is -0.511. The number of ether oxygens (including phenoxy) is 2. The molecule has 0 aliphatic heterocycles. The number of hydrogen-bond donors (Lipinski definition) is 1. The maximum atomic E-state index is 10.7. The molecule has 0 spiro atoms. The van der Waals surface area contributed by atoms with Gasteiger partial charge in [0.05, 0.1) is 22.2 Å². The first-order valence-corrected chi connectivity index (χ1v) is 10.4. The highest BCUT2D eigenvalue weighted by Crippen LogP contribution is 2.37. The van der Waals surface area contributed by atoms with Gasteiger partial charge in [0.1, 0.15) is 18.6 Å². The fourth-order valence-electron chi connectivity index (χ4n) is 2.53. The van der Waals surface area contributed by atoms with E-state index in [9.17, 15) is 10.1 Å². The van der Waals surface area contributed by atoms with Gasteiger partial charge in [0, 0.05) is 11.1 Å². The molecule has 1 N–H and O–H groups in total. The SMILES string of the molecule is CCOc1cc(/C=N\Nc2ccc([N+](=O)[O-])cn2)cc(Br)c1OCc1ccc(Cl)cc1. The van der Waals surface area contributed by atoms with E-state index in [1.165, 1.54) is 12.1 Å². The normalized spacial score (nSPS) is 10.8. The zero-order valence-electron chi connectivity index (χ0n) is 16.4. The van der Waals surface area contributed by atoms with Gasteiger partial charge in [0.2, 0.25) is 0 Å². The summed E-state index contributed by atoms with van der Waals surface area (Å²) >= 11 is 9.45. The van der Waals surface area contributed by atoms with Crippen molar-refractivity contribution in [3.05, 3.63) is 85.5 Å². The van der Waals surface area contributed by atoms with Crippen LogP contribution < -0.4 is 14.9 Å². The lowest BCUT2D eigenvalue weighted by Gasteiger charge is -2.14. The number of halogens is 2. The van der Waals surface area contributed by atoms with Gasteiger partial charge in [-0.25, -0.2) is 4.98 Å². The summed E-state index contributed by atoms with van der Waals surface area (Å²) in [5, 5.41) is 15.5. The van der Waals surface area contributed by atoms with Crippen LogP contribution in [0.1, 0.15) is 18.1 Å². The molecule has 0 fully saturated rings. The van der Waals surface area contributed by atoms with Crippen molar-refractivity contribution >= 4 is 45.3 Å². The number of pyridine rings is 1. The molecule has 0 aliphatic carbocycles. The minimum Gasteiger partial charge on any atom is -0.490 e. The van der Waals surface area contributed by atoms with Crippen molar-refractivity contribution in [2.45, 2.75) is 13.5 Å². The molecular formula is C21H18BrClN4O4. The maximum absolute atomic E-state index is 10.7. The predicted molar refractivity (Wildman–Crippen MR) is 123 cm³/mol. The molecule has 31 heavy (non-hydrogen) atoms. The third kappa shape index (κ3) is 6.40. The van der Waals surface area contributed by atoms with Crippen molar-refractivity contribution in [1.82, 2.24) is 4.98 Å². The van der Waals surface area contributed by atoms with Gasteiger partial charge in [-0.1, -0.05) is 23.7 Å². The van der Waals surface area contributed by atoms with Crippen molar-refractivity contribution < 1.29 is 14.4 Å². The van der Waals surface area contributed by atoms with Crippen molar-refractivity contribution in [1.29, 1.82) is 0 Å². The summed E-state index contributed by atoms with van der Waals surface area (Å²) in [4.78, 5) is 14.1. The lowest BCUT2D eigenvalue weighted by Crippen LogP contribution is -2.02. The molecule has 1 heterocycles. The van der Waals surface area contributed by atoms with Crippen LogP contribution in [0.2, 0.25) is 5.02 Å². The Morgan fingerprint density at radius 3 is 2.65 bits per heavy atom. The van der Waals surface area contributed by atoms with Crippen molar-refractivity contribution in [2.75, 3.05) is 12.0 Å². The van der Waals surface area contributed by atoms with Crippen LogP contribution in [0.25, 0.3) is 0 Å². The van der Waals surface area contributed by atoms with E-state index in [4.69, 9.17) is 21.1 Å². The molecule has 1 aromatic heterocycles. The van der Waals surface area contributed by atoms with Crippen LogP contribution in [0.5, 0.6) is 11.5 Å². The molecule has 0 bridgehead atoms. The molecule has 160 valence electrons. The van der Waals surface area contributed by atoms with Gasteiger partial charge in [-0.2, -0.15) is 5.10 Å². The summed E-state index contributed by atoms with van der Waals surface area (Å²) in [5.74, 6) is 1.54. The number of aromatic nitrogens is 1. The molecule has 8 nitrogen and oxygen atoms in total. The molecule has 3 rings (SSSR count). The monoisotopic (exact) mass is 504 g/mol. The Balaban J connectivity index is 1.71. The molecule has 0 saturated heterocycles. The number of hydrazone groups is 1. The van der Waals surface area contributed by atoms with Crippen molar-refractivity contribution in [3.63, 3.8) is 0 Å². The summed E-state index contributed by atoms with van der Waals surface area (Å²) in [5.41, 5.74) is 4.37. The van der Waals surface area contributed by atoms with E-state index in [0.717, 1.165) is 17.3 Å². The Labute approximate surface area is 192 Å². The van der Waals surface area contributed by atoms with Crippen LogP contribution in [0.4, 0.5) is 11.5 Å². The largest absolute Gasteiger partial charge is 0.490 e. The third-order valence-corrected chi connectivity index (χ3v) is 4.82. The zero-order chi connectivity index (χ0) is 22.2. The zero-order valence-corrected chi connectivity index (χ0v) is 18.8. The van der Waals surface area contributed by atoms with Gasteiger partial charge in [-0.3, -0.25) is 15.5 Å². The second kappa shape index (κ2) is 10.7. The van der Waals surface area contributed by atoms with E-state index in [1.54, 1.807) is 12.3 Å². The van der Waals surface area contributed by atoms with Crippen LogP contribution >= 0.6 is 27.5 Å². The second-order valence-electron chi connectivity index (χ2n) is 6.21. The average Bonchev–Trinajstić information content (AvgIpc) is 2.75. The van der Waals surface area contributed by atoms with E-state index in [2.05, 4.69) is 31.4 Å². The smallest absolute Gasteiger partial charge is 0.287 e. The summed E-state index contributed by atoms with van der Waals surface area (Å²) in [6.45, 7) is 2.71. The van der Waals surface area contributed by atoms with Gasteiger partial charge in [-0.15, -0.1) is 0 Å². The number of benzene rings is 2. The quantitative estimate of drug-likeness (QED) is 0.223. The van der Waals surface area contributed by atoms with E-state index < -0.39 is 4.92 Å². The first-order valence-electron chi connectivity index (χ1n) is 9.19. The van der Waals surface area contributed by atoms with Crippen LogP contribution in [-0.4, -0.2) is 22.7 Å². The Morgan fingerprint density at radius 2 is 2.00 bits per heavy atom. The Bertz CT molecular complexity index is 1080. The Kier molecular flexibility index (Phi) is 7.80. The number of nitro groups is 1. The topological polar surface area (TPSA) is 98.9 Å². The van der Waals surface area contributed by atoms with E-state index in [0.29, 0.717) is 40.0 Å². The van der Waals surface area contributed by atoms with Crippen molar-refractivity contribution in [2.24, 2.45) is 5.10 Å². The van der Waals surface area contributed by atoms with Crippen LogP contribution in [0.3, 0.4) is 0 Å². The second-order valence-corrected chi connectivity index (χ2v) is 7.50. The highest BCUT2D eigenvalue weighted by molar-refractivity contribution is 9.10. The molecule has 0 atom stereocenters. The standard InChI is InChI=1S/C21H18BrClN4O4/c1-2-30-19-10-15(11-25-26-20-8-7-17(12-24-20)27(28)29)9-18(22)21(19)31-13-14-3-5-16(23)6-4-14/h3-12H,2,13H2,1H3,(H,24,26)/b25-11-. The Hall–Kier alpha value is -3.17. The van der Waals surface area contributed by atoms with Gasteiger partial charge in [0.25, 0.3) is 5.69 Å². The summed E-state index contributed by atoms with van der Waals surface area (Å²) in [6.07, 6.45) is 2.74. The van der Waals surface area contributed by atoms with Gasteiger partial charge >= 0.3 is 0 Å². The highest BCUT2D eigenvalue weighted by Gasteiger charge is 2.12. The number of hydrogen-bond acceptors (Lipinski definition) is 7. The van der Waals surface area contributed by atoms with Crippen LogP contribution in [-0.2, 0) is 6.61 Å². The van der Waals surface area contributed by atoms with Gasteiger partial charge < -0.3 is 9.47 Å². The molecule has 0 aliphatic rings. The molecule has 2 aromatic carbocycles. The molecule has 10 heteroatoms. The van der Waals surface area contributed by atoms with E-state index in [1.807, 2.05) is 37.3 Å². The first-order chi connectivity index (χ1) is 15.0. The molecule has 0 amide bonds. The van der Waals surface area contributed by atoms with E-state index >= 15 is 0 Å². The van der Waals surface area contributed by atoms with Crippen LogP contribution in [0, 0.1) is 10.1 Å². The summed E-state index contributed by atoms with van der Waals surface area (Å²) < 4.78 is 12.4. The fourth-order valence-corrected chi connectivity index (χ4v) is 3.23. The van der Waals surface area contributed by atoms with Crippen molar-refractivity contribution in [3.8, 4) is 11.5 Å². The van der Waals surface area contributed by atoms with Gasteiger partial charge in [-0.05, 0) is 64.3 Å². The first kappa shape index (κ1) is 22.5. The summed E-state index contributed by atoms with van der Waals surface area (Å²) in [7, 11) is 0. The molecule has 3 aromatic rings. The lowest BCUT2D eigenvalue weighted by molar-refractivity contribution is -0.385. The minimum absolute atomic E-state index is 0.0889. The number of nitrogens with one attached hydrogen (secondary N) is 1. The van der Waals surface area contributed by atoms with Gasteiger partial charge in [0.15, 0.2) is 11.5 Å². The lowest BCUT2D eigenvalue weighted by atomic mass is 10.2. The highest BCUT2D eigenvalue weighted by atomic mass is 79.9. The molecular weight excluding hydrogens is 488 g/mol. The number of rotatable bonds is 9. The molecule has 0 saturated carbocycles. The number of anilines is 1. The fraction of sp³-hybridized carbons (Fsp3) is 0.143. The third-order valence-electron chi connectivity index (χ3n) is 3.98. The van der Waals surface area contributed by atoms with E-state index in [-0.39, 0.29) is 5.69 Å². The predicted octanol–water partition coefficient (Wildman–Crippen LogP) is 5.83.